The molecule has 1 atom stereocenters. The lowest BCUT2D eigenvalue weighted by atomic mass is 10.00. The second kappa shape index (κ2) is 5.85. The molecule has 18 heavy (non-hydrogen) atoms. The van der Waals surface area contributed by atoms with Gasteiger partial charge in [-0.15, -0.1) is 0 Å². The fourth-order valence-electron chi connectivity index (χ4n) is 2.27. The number of fused-ring (bicyclic) bond motifs is 1. The molecule has 1 aromatic rings. The van der Waals surface area contributed by atoms with E-state index in [1.807, 2.05) is 12.1 Å². The highest BCUT2D eigenvalue weighted by atomic mass is 79.9. The molecule has 2 rings (SSSR count). The van der Waals surface area contributed by atoms with Gasteiger partial charge >= 0.3 is 0 Å². The molecule has 4 heteroatoms. The van der Waals surface area contributed by atoms with E-state index in [-0.39, 0.29) is 5.91 Å². The van der Waals surface area contributed by atoms with Gasteiger partial charge in [-0.3, -0.25) is 4.79 Å². The molecule has 0 radical (unpaired) electrons. The highest BCUT2D eigenvalue weighted by Crippen LogP contribution is 2.34. The maximum absolute atomic E-state index is 11.3. The Bertz CT molecular complexity index is 459. The van der Waals surface area contributed by atoms with E-state index in [9.17, 15) is 9.90 Å². The molecule has 0 saturated carbocycles. The lowest BCUT2D eigenvalue weighted by Gasteiger charge is -2.14. The van der Waals surface area contributed by atoms with E-state index in [2.05, 4.69) is 28.2 Å². The lowest BCUT2D eigenvalue weighted by molar-refractivity contribution is -0.115. The summed E-state index contributed by atoms with van der Waals surface area (Å²) in [5, 5.41) is 13.0. The molecule has 1 aliphatic heterocycles. The monoisotopic (exact) mass is 311 g/mol. The van der Waals surface area contributed by atoms with Gasteiger partial charge in [0.1, 0.15) is 0 Å². The molecule has 1 unspecified atom stereocenters. The van der Waals surface area contributed by atoms with Crippen LogP contribution in [-0.2, 0) is 11.2 Å². The van der Waals surface area contributed by atoms with Crippen LogP contribution in [0.2, 0.25) is 0 Å². The zero-order valence-corrected chi connectivity index (χ0v) is 12.1. The Balaban J connectivity index is 2.14. The average molecular weight is 312 g/mol. The van der Waals surface area contributed by atoms with Gasteiger partial charge in [-0.1, -0.05) is 42.1 Å². The summed E-state index contributed by atoms with van der Waals surface area (Å²) in [4.78, 5) is 11.3. The van der Waals surface area contributed by atoms with Crippen LogP contribution < -0.4 is 5.32 Å². The minimum absolute atomic E-state index is 0.0227. The highest BCUT2D eigenvalue weighted by Gasteiger charge is 2.21. The summed E-state index contributed by atoms with van der Waals surface area (Å²) < 4.78 is 0.868. The largest absolute Gasteiger partial charge is 0.388 e. The number of carbonyl (C=O) groups excluding carboxylic acids is 1. The van der Waals surface area contributed by atoms with Crippen molar-refractivity contribution in [2.45, 2.75) is 45.1 Å². The molecule has 0 spiro atoms. The van der Waals surface area contributed by atoms with Gasteiger partial charge in [0.05, 0.1) is 12.5 Å². The molecule has 2 N–H and O–H groups in total. The van der Waals surface area contributed by atoms with Crippen LogP contribution in [0.15, 0.2) is 16.6 Å². The lowest BCUT2D eigenvalue weighted by Crippen LogP contribution is -2.03. The van der Waals surface area contributed by atoms with Crippen molar-refractivity contribution in [2.75, 3.05) is 5.32 Å². The SMILES string of the molecule is CCCCCC(O)c1cc2c(cc1Br)NC(=O)C2. The van der Waals surface area contributed by atoms with E-state index in [1.165, 1.54) is 0 Å². The van der Waals surface area contributed by atoms with Crippen molar-refractivity contribution in [1.29, 1.82) is 0 Å². The van der Waals surface area contributed by atoms with Crippen LogP contribution in [0.4, 0.5) is 5.69 Å². The summed E-state index contributed by atoms with van der Waals surface area (Å²) in [6, 6.07) is 3.83. The van der Waals surface area contributed by atoms with Crippen molar-refractivity contribution in [1.82, 2.24) is 0 Å². The van der Waals surface area contributed by atoms with Crippen LogP contribution in [0.25, 0.3) is 0 Å². The van der Waals surface area contributed by atoms with Crippen LogP contribution in [0, 0.1) is 0 Å². The van der Waals surface area contributed by atoms with Crippen molar-refractivity contribution in [2.24, 2.45) is 0 Å². The fraction of sp³-hybridized carbons (Fsp3) is 0.500. The number of aliphatic hydroxyl groups excluding tert-OH is 1. The van der Waals surface area contributed by atoms with Crippen LogP contribution in [0.5, 0.6) is 0 Å². The number of unbranched alkanes of at least 4 members (excludes halogenated alkanes) is 2. The standard InChI is InChI=1S/C14H18BrNO2/c1-2-3-4-5-13(17)10-6-9-7-14(18)16-12(9)8-11(10)15/h6,8,13,17H,2-5,7H2,1H3,(H,16,18). The maximum atomic E-state index is 11.3. The fourth-order valence-corrected chi connectivity index (χ4v) is 2.87. The summed E-state index contributed by atoms with van der Waals surface area (Å²) in [7, 11) is 0. The van der Waals surface area contributed by atoms with E-state index in [0.29, 0.717) is 6.42 Å². The summed E-state index contributed by atoms with van der Waals surface area (Å²) >= 11 is 3.47. The summed E-state index contributed by atoms with van der Waals surface area (Å²) in [6.07, 6.45) is 4.05. The number of nitrogens with one attached hydrogen (secondary N) is 1. The van der Waals surface area contributed by atoms with Gasteiger partial charge in [0.2, 0.25) is 5.91 Å². The van der Waals surface area contributed by atoms with E-state index in [0.717, 1.165) is 47.0 Å². The number of amides is 1. The van der Waals surface area contributed by atoms with Crippen molar-refractivity contribution >= 4 is 27.5 Å². The molecule has 1 heterocycles. The number of aliphatic hydroxyl groups is 1. The molecule has 0 bridgehead atoms. The van der Waals surface area contributed by atoms with Gasteiger partial charge in [-0.05, 0) is 29.7 Å². The molecule has 3 nitrogen and oxygen atoms in total. The number of hydrogen-bond acceptors (Lipinski definition) is 2. The van der Waals surface area contributed by atoms with Gasteiger partial charge in [0.15, 0.2) is 0 Å². The Kier molecular flexibility index (Phi) is 4.40. The van der Waals surface area contributed by atoms with Crippen LogP contribution in [-0.4, -0.2) is 11.0 Å². The molecule has 0 saturated heterocycles. The number of benzene rings is 1. The summed E-state index contributed by atoms with van der Waals surface area (Å²) in [6.45, 7) is 2.15. The second-order valence-corrected chi connectivity index (χ2v) is 5.62. The zero-order chi connectivity index (χ0) is 13.1. The minimum Gasteiger partial charge on any atom is -0.388 e. The molecule has 0 aliphatic carbocycles. The second-order valence-electron chi connectivity index (χ2n) is 4.77. The van der Waals surface area contributed by atoms with Gasteiger partial charge in [0.25, 0.3) is 0 Å². The van der Waals surface area contributed by atoms with E-state index < -0.39 is 6.10 Å². The van der Waals surface area contributed by atoms with Gasteiger partial charge < -0.3 is 10.4 Å². The van der Waals surface area contributed by atoms with E-state index >= 15 is 0 Å². The number of rotatable bonds is 5. The van der Waals surface area contributed by atoms with Crippen molar-refractivity contribution in [3.05, 3.63) is 27.7 Å². The van der Waals surface area contributed by atoms with Crippen molar-refractivity contribution < 1.29 is 9.90 Å². The van der Waals surface area contributed by atoms with Crippen molar-refractivity contribution in [3.8, 4) is 0 Å². The average Bonchev–Trinajstić information content (AvgIpc) is 2.67. The molecule has 1 amide bonds. The molecule has 1 aromatic carbocycles. The van der Waals surface area contributed by atoms with Crippen molar-refractivity contribution in [3.63, 3.8) is 0 Å². The molecule has 1 aliphatic rings. The highest BCUT2D eigenvalue weighted by molar-refractivity contribution is 9.10. The summed E-state index contributed by atoms with van der Waals surface area (Å²) in [5.74, 6) is 0.0227. The van der Waals surface area contributed by atoms with Gasteiger partial charge in [-0.25, -0.2) is 0 Å². The predicted octanol–water partition coefficient (Wildman–Crippen LogP) is 3.56. The third-order valence-electron chi connectivity index (χ3n) is 3.29. The van der Waals surface area contributed by atoms with Crippen LogP contribution in [0.3, 0.4) is 0 Å². The van der Waals surface area contributed by atoms with E-state index in [1.54, 1.807) is 0 Å². The Hall–Kier alpha value is -0.870. The van der Waals surface area contributed by atoms with Crippen LogP contribution in [0.1, 0.15) is 49.8 Å². The first-order valence-corrected chi connectivity index (χ1v) is 7.21. The van der Waals surface area contributed by atoms with Gasteiger partial charge in [-0.2, -0.15) is 0 Å². The topological polar surface area (TPSA) is 49.3 Å². The molecular weight excluding hydrogens is 294 g/mol. The number of hydrogen-bond donors (Lipinski definition) is 2. The third kappa shape index (κ3) is 2.93. The Morgan fingerprint density at radius 3 is 2.94 bits per heavy atom. The number of anilines is 1. The predicted molar refractivity (Wildman–Crippen MR) is 75.6 cm³/mol. The molecule has 0 aromatic heterocycles. The Morgan fingerprint density at radius 1 is 1.44 bits per heavy atom. The maximum Gasteiger partial charge on any atom is 0.228 e. The smallest absolute Gasteiger partial charge is 0.228 e. The normalized spacial score (nSPS) is 15.4. The first-order chi connectivity index (χ1) is 8.61. The first-order valence-electron chi connectivity index (χ1n) is 6.42. The third-order valence-corrected chi connectivity index (χ3v) is 3.97. The quantitative estimate of drug-likeness (QED) is 0.817. The van der Waals surface area contributed by atoms with Gasteiger partial charge in [0, 0.05) is 10.2 Å². The first kappa shape index (κ1) is 13.6. The minimum atomic E-state index is -0.452. The Morgan fingerprint density at radius 2 is 2.22 bits per heavy atom. The molecule has 98 valence electrons. The summed E-state index contributed by atoms with van der Waals surface area (Å²) in [5.41, 5.74) is 2.73. The number of carbonyl (C=O) groups is 1. The molecule has 0 fully saturated rings. The number of halogens is 1. The zero-order valence-electron chi connectivity index (χ0n) is 10.5. The Labute approximate surface area is 116 Å². The van der Waals surface area contributed by atoms with Crippen LogP contribution >= 0.6 is 15.9 Å². The van der Waals surface area contributed by atoms with E-state index in [4.69, 9.17) is 0 Å². The molecular formula is C14H18BrNO2.